The molecule has 0 spiro atoms. The highest BCUT2D eigenvalue weighted by molar-refractivity contribution is 7.47. The number of phosphoric acid groups is 2. The number of rotatable bonds is 41. The van der Waals surface area contributed by atoms with Gasteiger partial charge in [0.05, 0.1) is 18.8 Å². The Kier molecular flexibility index (Phi) is 33.6. The Morgan fingerprint density at radius 1 is 0.544 bits per heavy atom. The Labute approximate surface area is 405 Å². The number of hydrogen-bond donors (Lipinski definition) is 7. The summed E-state index contributed by atoms with van der Waals surface area (Å²) in [5.74, 6) is -1.29. The zero-order valence-corrected chi connectivity index (χ0v) is 42.5. The molecule has 1 aliphatic carbocycles. The van der Waals surface area contributed by atoms with Gasteiger partial charge in [-0.1, -0.05) is 140 Å². The van der Waals surface area contributed by atoms with Crippen molar-refractivity contribution in [2.45, 2.75) is 236 Å². The van der Waals surface area contributed by atoms with Crippen molar-refractivity contribution in [2.75, 3.05) is 13.2 Å². The predicted molar refractivity (Wildman–Crippen MR) is 259 cm³/mol. The second-order valence-corrected chi connectivity index (χ2v) is 20.5. The smallest absolute Gasteiger partial charge is 0.462 e. The van der Waals surface area contributed by atoms with E-state index in [1.165, 1.54) is 57.8 Å². The van der Waals surface area contributed by atoms with E-state index in [1.54, 1.807) is 0 Å². The first-order chi connectivity index (χ1) is 32.6. The molecule has 0 aromatic heterocycles. The molecular weight excluding hydrogens is 922 g/mol. The molecule has 1 saturated heterocycles. The minimum absolute atomic E-state index is 0.0121. The predicted octanol–water partition coefficient (Wildman–Crippen LogP) is 9.05. The molecule has 68 heavy (non-hydrogen) atoms. The highest BCUT2D eigenvalue weighted by Crippen LogP contribution is 2.49. The Hall–Kier alpha value is -2.08. The summed E-state index contributed by atoms with van der Waals surface area (Å²) in [5, 5.41) is 41.3. The molecule has 0 aromatic rings. The van der Waals surface area contributed by atoms with Gasteiger partial charge in [0.15, 0.2) is 6.10 Å². The van der Waals surface area contributed by atoms with Crippen LogP contribution < -0.4 is 0 Å². The summed E-state index contributed by atoms with van der Waals surface area (Å²) in [7, 11) is -10.7. The van der Waals surface area contributed by atoms with Crippen LogP contribution in [0.1, 0.15) is 181 Å². The van der Waals surface area contributed by atoms with E-state index in [1.807, 2.05) is 0 Å². The van der Waals surface area contributed by atoms with Gasteiger partial charge in [0.25, 0.3) is 0 Å². The van der Waals surface area contributed by atoms with Crippen LogP contribution in [0.3, 0.4) is 0 Å². The summed E-state index contributed by atoms with van der Waals surface area (Å²) < 4.78 is 55.2. The highest BCUT2D eigenvalue weighted by atomic mass is 31.2. The summed E-state index contributed by atoms with van der Waals surface area (Å²) in [5.41, 5.74) is 0. The zero-order valence-electron chi connectivity index (χ0n) is 40.7. The van der Waals surface area contributed by atoms with E-state index < -0.39 is 83.5 Å². The molecule has 19 heteroatoms. The normalized spacial score (nSPS) is 24.6. The average Bonchev–Trinajstić information content (AvgIpc) is 4.05. The van der Waals surface area contributed by atoms with Gasteiger partial charge in [-0.25, -0.2) is 9.13 Å². The van der Waals surface area contributed by atoms with Gasteiger partial charge in [0.2, 0.25) is 0 Å². The molecule has 394 valence electrons. The molecular formula is C49H86O17P2. The topological polar surface area (TPSA) is 269 Å². The van der Waals surface area contributed by atoms with Crippen LogP contribution in [0.4, 0.5) is 0 Å². The first-order valence-corrected chi connectivity index (χ1v) is 28.3. The molecule has 17 nitrogen and oxygen atoms in total. The number of carbonyl (C=O) groups is 2. The molecule has 2 rings (SSSR count). The number of phosphoric ester groups is 2. The zero-order chi connectivity index (χ0) is 50.0. The fourth-order valence-corrected chi connectivity index (χ4v) is 9.29. The van der Waals surface area contributed by atoms with Gasteiger partial charge < -0.3 is 49.3 Å². The van der Waals surface area contributed by atoms with Gasteiger partial charge in [-0.2, -0.15) is 0 Å². The van der Waals surface area contributed by atoms with Crippen LogP contribution in [0.25, 0.3) is 0 Å². The minimum Gasteiger partial charge on any atom is -0.462 e. The average molecular weight is 1010 g/mol. The molecule has 0 aromatic carbocycles. The van der Waals surface area contributed by atoms with Crippen LogP contribution in [-0.2, 0) is 46.5 Å². The second kappa shape index (κ2) is 36.8. The van der Waals surface area contributed by atoms with E-state index in [-0.39, 0.29) is 25.0 Å². The van der Waals surface area contributed by atoms with Gasteiger partial charge in [-0.3, -0.25) is 23.2 Å². The lowest BCUT2D eigenvalue weighted by Crippen LogP contribution is -2.64. The third-order valence-corrected chi connectivity index (χ3v) is 13.3. The lowest BCUT2D eigenvalue weighted by Gasteiger charge is -2.43. The number of carbonyl (C=O) groups excluding carboxylic acids is 2. The minimum atomic E-state index is -5.38. The van der Waals surface area contributed by atoms with Crippen molar-refractivity contribution < 1.29 is 81.6 Å². The largest absolute Gasteiger partial charge is 0.472 e. The number of esters is 2. The van der Waals surface area contributed by atoms with Crippen molar-refractivity contribution in [2.24, 2.45) is 0 Å². The molecule has 2 fully saturated rings. The Balaban J connectivity index is 1.81. The molecule has 0 radical (unpaired) electrons. The first-order valence-electron chi connectivity index (χ1n) is 25.3. The van der Waals surface area contributed by atoms with Crippen LogP contribution in [0.2, 0.25) is 0 Å². The fraction of sp³-hybridized carbons (Fsp3) is 0.796. The molecule has 0 amide bonds. The highest BCUT2D eigenvalue weighted by Gasteiger charge is 2.54. The number of allylic oxidation sites excluding steroid dienone is 7. The van der Waals surface area contributed by atoms with Crippen LogP contribution in [0.5, 0.6) is 0 Å². The van der Waals surface area contributed by atoms with E-state index in [0.717, 1.165) is 77.0 Å². The Morgan fingerprint density at radius 3 is 1.63 bits per heavy atom. The summed E-state index contributed by atoms with van der Waals surface area (Å²) in [6.45, 7) is 3.02. The van der Waals surface area contributed by atoms with E-state index >= 15 is 0 Å². The standard InChI is InChI=1S/C49H86O17P2/c1-3-5-7-9-11-13-15-17-18-19-20-21-23-25-27-29-31-35-42(50)61-37-39(38-62-68(59,60)66-49-46(54)44(52)45(53)48(47(49)55)65-67(56,57)58)63-43(51)36-32-34-41-40(64-41)33-30-28-26-24-22-16-14-12-10-8-6-4-2/h12,14,17-18,22,24,28,30,39-41,44-49,52-55H,3-11,13,15-16,19-21,23,25-27,29,31-38H2,1-2H3,(H,59,60)(H2,56,57,58)/b14-12-,18-17-,24-22-,30-28-/t39-,40?,41?,44?,45?,46?,47?,48-,49+/m1/s1. The van der Waals surface area contributed by atoms with E-state index in [0.29, 0.717) is 19.3 Å². The maximum absolute atomic E-state index is 13.0. The van der Waals surface area contributed by atoms with Crippen LogP contribution in [-0.4, -0.2) is 115 Å². The van der Waals surface area contributed by atoms with E-state index in [2.05, 4.69) is 67.0 Å². The monoisotopic (exact) mass is 1010 g/mol. The number of epoxide rings is 1. The number of aliphatic hydroxyl groups is 4. The van der Waals surface area contributed by atoms with Gasteiger partial charge in [-0.05, 0) is 77.0 Å². The van der Waals surface area contributed by atoms with Crippen molar-refractivity contribution in [3.63, 3.8) is 0 Å². The quantitative estimate of drug-likeness (QED) is 0.00989. The van der Waals surface area contributed by atoms with Gasteiger partial charge in [-0.15, -0.1) is 0 Å². The number of hydrogen-bond acceptors (Lipinski definition) is 14. The van der Waals surface area contributed by atoms with E-state index in [9.17, 15) is 53.8 Å². The lowest BCUT2D eigenvalue weighted by atomic mass is 9.85. The SMILES string of the molecule is CCCCC/C=C\C/C=C\C/C=C\CC1OC1CCCC(=O)O[C@H](COC(=O)CCCCCCCCC/C=C\CCCCCCCC)COP(=O)(O)O[C@H]1C(O)C(O)C(O)[C@@H](OP(=O)(O)O)C1O. The Bertz CT molecular complexity index is 1570. The number of ether oxygens (including phenoxy) is 3. The molecule has 0 bridgehead atoms. The fourth-order valence-electron chi connectivity index (χ4n) is 7.75. The van der Waals surface area contributed by atoms with Crippen molar-refractivity contribution in [3.8, 4) is 0 Å². The molecule has 7 N–H and O–H groups in total. The van der Waals surface area contributed by atoms with Crippen LogP contribution in [0.15, 0.2) is 48.6 Å². The maximum atomic E-state index is 13.0. The van der Waals surface area contributed by atoms with Crippen molar-refractivity contribution in [1.29, 1.82) is 0 Å². The van der Waals surface area contributed by atoms with Crippen molar-refractivity contribution in [1.82, 2.24) is 0 Å². The molecule has 1 heterocycles. The van der Waals surface area contributed by atoms with Crippen LogP contribution in [0, 0.1) is 0 Å². The second-order valence-electron chi connectivity index (χ2n) is 17.9. The van der Waals surface area contributed by atoms with Gasteiger partial charge >= 0.3 is 27.6 Å². The third-order valence-electron chi connectivity index (χ3n) is 11.8. The van der Waals surface area contributed by atoms with E-state index in [4.69, 9.17) is 23.3 Å². The third kappa shape index (κ3) is 29.9. The Morgan fingerprint density at radius 2 is 1.03 bits per heavy atom. The molecule has 2 aliphatic rings. The molecule has 7 unspecified atom stereocenters. The summed E-state index contributed by atoms with van der Waals surface area (Å²) in [6.07, 6.45) is 27.9. The van der Waals surface area contributed by atoms with Gasteiger partial charge in [0.1, 0.15) is 43.2 Å². The summed E-state index contributed by atoms with van der Waals surface area (Å²) in [4.78, 5) is 54.5. The van der Waals surface area contributed by atoms with Crippen molar-refractivity contribution >= 4 is 27.6 Å². The molecule has 1 saturated carbocycles. The van der Waals surface area contributed by atoms with Crippen molar-refractivity contribution in [3.05, 3.63) is 48.6 Å². The number of unbranched alkanes of at least 4 members (excludes halogenated alkanes) is 16. The first kappa shape index (κ1) is 62.0. The number of aliphatic hydroxyl groups excluding tert-OH is 4. The maximum Gasteiger partial charge on any atom is 0.472 e. The summed E-state index contributed by atoms with van der Waals surface area (Å²) in [6, 6.07) is 0. The lowest BCUT2D eigenvalue weighted by molar-refractivity contribution is -0.216. The van der Waals surface area contributed by atoms with Gasteiger partial charge in [0, 0.05) is 12.8 Å². The molecule has 10 atom stereocenters. The summed E-state index contributed by atoms with van der Waals surface area (Å²) >= 11 is 0. The molecule has 1 aliphatic heterocycles. The van der Waals surface area contributed by atoms with Crippen LogP contribution >= 0.6 is 15.6 Å².